The molecule has 1 fully saturated rings. The molecule has 2 aromatic rings. The second-order valence-electron chi connectivity index (χ2n) is 5.87. The predicted octanol–water partition coefficient (Wildman–Crippen LogP) is 1.96. The number of nitriles is 1. The summed E-state index contributed by atoms with van der Waals surface area (Å²) in [4.78, 5) is 21.2. The molecule has 1 aliphatic rings. The van der Waals surface area contributed by atoms with E-state index in [9.17, 15) is 4.79 Å². The average molecular weight is 321 g/mol. The summed E-state index contributed by atoms with van der Waals surface area (Å²) in [6, 6.07) is 10.8. The van der Waals surface area contributed by atoms with Gasteiger partial charge in [-0.25, -0.2) is 0 Å². The number of likely N-dealkylation sites (N-methyl/N-ethyl adjacent to an activating group) is 1. The zero-order valence-electron chi connectivity index (χ0n) is 13.6. The summed E-state index contributed by atoms with van der Waals surface area (Å²) >= 11 is 0. The zero-order chi connectivity index (χ0) is 16.9. The van der Waals surface area contributed by atoms with Crippen molar-refractivity contribution in [1.82, 2.24) is 9.88 Å². The molecule has 1 aliphatic heterocycles. The Morgan fingerprint density at radius 2 is 2.00 bits per heavy atom. The fraction of sp³-hybridized carbons (Fsp3) is 0.278. The van der Waals surface area contributed by atoms with Gasteiger partial charge in [0.1, 0.15) is 0 Å². The van der Waals surface area contributed by atoms with E-state index < -0.39 is 0 Å². The van der Waals surface area contributed by atoms with Crippen molar-refractivity contribution in [1.29, 1.82) is 5.26 Å². The van der Waals surface area contributed by atoms with Crippen LogP contribution < -0.4 is 10.2 Å². The van der Waals surface area contributed by atoms with E-state index in [1.165, 1.54) is 0 Å². The van der Waals surface area contributed by atoms with Crippen LogP contribution in [-0.2, 0) is 0 Å². The molecule has 122 valence electrons. The number of aromatic nitrogens is 1. The van der Waals surface area contributed by atoms with E-state index >= 15 is 0 Å². The van der Waals surface area contributed by atoms with Crippen molar-refractivity contribution in [2.45, 2.75) is 0 Å². The first kappa shape index (κ1) is 16.0. The lowest BCUT2D eigenvalue weighted by Crippen LogP contribution is -2.44. The Bertz CT molecular complexity index is 775. The molecule has 2 heterocycles. The van der Waals surface area contributed by atoms with Crippen LogP contribution in [0.3, 0.4) is 0 Å². The topological polar surface area (TPSA) is 72.3 Å². The van der Waals surface area contributed by atoms with Crippen LogP contribution >= 0.6 is 0 Å². The van der Waals surface area contributed by atoms with Crippen LogP contribution in [0, 0.1) is 11.3 Å². The number of nitrogens with one attached hydrogen (secondary N) is 1. The lowest BCUT2D eigenvalue weighted by Gasteiger charge is -2.33. The van der Waals surface area contributed by atoms with Crippen molar-refractivity contribution < 1.29 is 4.79 Å². The highest BCUT2D eigenvalue weighted by Crippen LogP contribution is 2.18. The van der Waals surface area contributed by atoms with Crippen LogP contribution in [0.1, 0.15) is 15.9 Å². The van der Waals surface area contributed by atoms with E-state index in [1.807, 2.05) is 6.07 Å². The number of carbonyl (C=O) groups excluding carboxylic acids is 1. The fourth-order valence-corrected chi connectivity index (χ4v) is 2.66. The Balaban J connectivity index is 1.73. The molecule has 0 bridgehead atoms. The molecule has 24 heavy (non-hydrogen) atoms. The first-order chi connectivity index (χ1) is 11.7. The van der Waals surface area contributed by atoms with Crippen LogP contribution in [0.4, 0.5) is 11.4 Å². The number of anilines is 2. The minimum Gasteiger partial charge on any atom is -0.368 e. The van der Waals surface area contributed by atoms with Gasteiger partial charge in [0, 0.05) is 38.1 Å². The van der Waals surface area contributed by atoms with E-state index in [0.717, 1.165) is 31.9 Å². The number of carbonyl (C=O) groups is 1. The van der Waals surface area contributed by atoms with Crippen LogP contribution in [0.25, 0.3) is 0 Å². The van der Waals surface area contributed by atoms with E-state index in [4.69, 9.17) is 5.26 Å². The number of piperazine rings is 1. The van der Waals surface area contributed by atoms with Crippen molar-refractivity contribution in [3.05, 3.63) is 53.9 Å². The SMILES string of the molecule is CN1CCN(c2cncc(C(=O)Nc3cccc(C#N)c3)c2)CC1. The third kappa shape index (κ3) is 3.70. The van der Waals surface area contributed by atoms with Crippen LogP contribution in [0.15, 0.2) is 42.7 Å². The summed E-state index contributed by atoms with van der Waals surface area (Å²) in [5.41, 5.74) is 2.58. The van der Waals surface area contributed by atoms with Gasteiger partial charge < -0.3 is 15.1 Å². The fourth-order valence-electron chi connectivity index (χ4n) is 2.66. The standard InChI is InChI=1S/C18H19N5O/c1-22-5-7-23(8-6-22)17-10-15(12-20-13-17)18(24)21-16-4-2-3-14(9-16)11-19/h2-4,9-10,12-13H,5-8H2,1H3,(H,21,24). The van der Waals surface area contributed by atoms with Crippen LogP contribution in [0.5, 0.6) is 0 Å². The second-order valence-corrected chi connectivity index (χ2v) is 5.87. The first-order valence-corrected chi connectivity index (χ1v) is 7.86. The quantitative estimate of drug-likeness (QED) is 0.935. The lowest BCUT2D eigenvalue weighted by molar-refractivity contribution is 0.102. The molecule has 6 nitrogen and oxygen atoms in total. The highest BCUT2D eigenvalue weighted by molar-refractivity contribution is 6.04. The van der Waals surface area contributed by atoms with Gasteiger partial charge >= 0.3 is 0 Å². The number of pyridine rings is 1. The summed E-state index contributed by atoms with van der Waals surface area (Å²) in [6.07, 6.45) is 3.35. The number of nitrogens with zero attached hydrogens (tertiary/aromatic N) is 4. The number of hydrogen-bond donors (Lipinski definition) is 1. The second kappa shape index (κ2) is 7.11. The maximum atomic E-state index is 12.4. The number of amides is 1. The molecule has 0 saturated carbocycles. The van der Waals surface area contributed by atoms with E-state index in [1.54, 1.807) is 36.7 Å². The monoisotopic (exact) mass is 321 g/mol. The van der Waals surface area contributed by atoms with E-state index in [2.05, 4.69) is 33.2 Å². The predicted molar refractivity (Wildman–Crippen MR) is 93.1 cm³/mol. The lowest BCUT2D eigenvalue weighted by atomic mass is 10.2. The summed E-state index contributed by atoms with van der Waals surface area (Å²) in [5.74, 6) is -0.228. The van der Waals surface area contributed by atoms with Crippen molar-refractivity contribution in [2.75, 3.05) is 43.4 Å². The third-order valence-electron chi connectivity index (χ3n) is 4.10. The molecule has 1 N–H and O–H groups in total. The zero-order valence-corrected chi connectivity index (χ0v) is 13.6. The van der Waals surface area contributed by atoms with Gasteiger partial charge in [-0.2, -0.15) is 5.26 Å². The van der Waals surface area contributed by atoms with Gasteiger partial charge in [-0.3, -0.25) is 9.78 Å². The summed E-state index contributed by atoms with van der Waals surface area (Å²) in [7, 11) is 2.11. The number of benzene rings is 1. The number of rotatable bonds is 3. The normalized spacial score (nSPS) is 14.9. The first-order valence-electron chi connectivity index (χ1n) is 7.86. The Kier molecular flexibility index (Phi) is 4.73. The third-order valence-corrected chi connectivity index (χ3v) is 4.10. The van der Waals surface area contributed by atoms with Crippen molar-refractivity contribution in [3.63, 3.8) is 0 Å². The van der Waals surface area contributed by atoms with Gasteiger partial charge in [-0.1, -0.05) is 6.07 Å². The van der Waals surface area contributed by atoms with Gasteiger partial charge in [0.25, 0.3) is 5.91 Å². The Morgan fingerprint density at radius 1 is 1.21 bits per heavy atom. The van der Waals surface area contributed by atoms with Gasteiger partial charge in [-0.15, -0.1) is 0 Å². The molecule has 3 rings (SSSR count). The van der Waals surface area contributed by atoms with Gasteiger partial charge in [0.05, 0.1) is 29.1 Å². The van der Waals surface area contributed by atoms with Crippen LogP contribution in [-0.4, -0.2) is 49.0 Å². The molecule has 6 heteroatoms. The summed E-state index contributed by atoms with van der Waals surface area (Å²) in [5, 5.41) is 11.7. The largest absolute Gasteiger partial charge is 0.368 e. The van der Waals surface area contributed by atoms with Crippen molar-refractivity contribution in [2.24, 2.45) is 0 Å². The van der Waals surface area contributed by atoms with E-state index in [-0.39, 0.29) is 5.91 Å². The van der Waals surface area contributed by atoms with E-state index in [0.29, 0.717) is 16.8 Å². The molecule has 0 radical (unpaired) electrons. The smallest absolute Gasteiger partial charge is 0.257 e. The molecule has 0 aliphatic carbocycles. The van der Waals surface area contributed by atoms with Crippen molar-refractivity contribution >= 4 is 17.3 Å². The maximum absolute atomic E-state index is 12.4. The number of hydrogen-bond acceptors (Lipinski definition) is 5. The molecule has 0 atom stereocenters. The molecule has 1 aromatic carbocycles. The molecule has 1 saturated heterocycles. The molecule has 1 aromatic heterocycles. The van der Waals surface area contributed by atoms with Crippen molar-refractivity contribution in [3.8, 4) is 6.07 Å². The summed E-state index contributed by atoms with van der Waals surface area (Å²) in [6.45, 7) is 3.84. The summed E-state index contributed by atoms with van der Waals surface area (Å²) < 4.78 is 0. The van der Waals surface area contributed by atoms with Gasteiger partial charge in [-0.05, 0) is 31.3 Å². The Morgan fingerprint density at radius 3 is 2.75 bits per heavy atom. The Labute approximate surface area is 141 Å². The highest BCUT2D eigenvalue weighted by Gasteiger charge is 2.16. The van der Waals surface area contributed by atoms with Gasteiger partial charge in [0.15, 0.2) is 0 Å². The average Bonchev–Trinajstić information content (AvgIpc) is 2.62. The molecule has 0 unspecified atom stereocenters. The minimum atomic E-state index is -0.228. The highest BCUT2D eigenvalue weighted by atomic mass is 16.1. The molecule has 1 amide bonds. The van der Waals surface area contributed by atoms with Gasteiger partial charge in [0.2, 0.25) is 0 Å². The molecule has 0 spiro atoms. The minimum absolute atomic E-state index is 0.228. The Hall–Kier alpha value is -2.91. The van der Waals surface area contributed by atoms with Crippen LogP contribution in [0.2, 0.25) is 0 Å². The molecular weight excluding hydrogens is 302 g/mol. The molecular formula is C18H19N5O. The maximum Gasteiger partial charge on any atom is 0.257 e.